The van der Waals surface area contributed by atoms with Gasteiger partial charge in [0.05, 0.1) is 7.11 Å². The van der Waals surface area contributed by atoms with E-state index in [1.165, 1.54) is 19.2 Å². The van der Waals surface area contributed by atoms with E-state index in [0.717, 1.165) is 22.8 Å². The minimum Gasteiger partial charge on any atom is -0.497 e. The van der Waals surface area contributed by atoms with E-state index in [0.29, 0.717) is 10.8 Å². The highest BCUT2D eigenvalue weighted by Gasteiger charge is 2.49. The Hall–Kier alpha value is -2.19. The van der Waals surface area contributed by atoms with E-state index < -0.39 is 27.3 Å². The van der Waals surface area contributed by atoms with E-state index in [9.17, 15) is 21.6 Å². The predicted octanol–water partition coefficient (Wildman–Crippen LogP) is 4.96. The van der Waals surface area contributed by atoms with Crippen molar-refractivity contribution in [1.82, 2.24) is 0 Å². The van der Waals surface area contributed by atoms with Crippen molar-refractivity contribution >= 4 is 27.8 Å². The summed E-state index contributed by atoms with van der Waals surface area (Å²) in [4.78, 5) is 0. The topological polar surface area (TPSA) is 52.6 Å². The Morgan fingerprint density at radius 3 is 2.41 bits per heavy atom. The molecule has 0 amide bonds. The minimum atomic E-state index is -5.83. The molecule has 3 rings (SSSR count). The van der Waals surface area contributed by atoms with Gasteiger partial charge in [0.1, 0.15) is 11.5 Å². The monoisotopic (exact) mass is 418 g/mol. The van der Waals surface area contributed by atoms with Crippen molar-refractivity contribution in [2.24, 2.45) is 0 Å². The molecule has 0 saturated carbocycles. The minimum absolute atomic E-state index is 0.160. The summed E-state index contributed by atoms with van der Waals surface area (Å²) in [6, 6.07) is 9.40. The predicted molar refractivity (Wildman–Crippen MR) is 95.4 cm³/mol. The summed E-state index contributed by atoms with van der Waals surface area (Å²) in [6.45, 7) is 1.86. The molecule has 2 aromatic carbocycles. The van der Waals surface area contributed by atoms with Crippen molar-refractivity contribution < 1.29 is 30.5 Å². The van der Waals surface area contributed by atoms with Crippen LogP contribution in [0.15, 0.2) is 41.4 Å². The van der Waals surface area contributed by atoms with Gasteiger partial charge in [-0.25, -0.2) is 0 Å². The Kier molecular flexibility index (Phi) is 4.90. The van der Waals surface area contributed by atoms with Crippen molar-refractivity contribution in [2.45, 2.75) is 18.3 Å². The van der Waals surface area contributed by atoms with Gasteiger partial charge in [-0.3, -0.25) is 0 Å². The molecule has 0 heterocycles. The molecule has 1 aliphatic rings. The molecule has 1 unspecified atom stereocenters. The van der Waals surface area contributed by atoms with Gasteiger partial charge >= 0.3 is 15.6 Å². The third-order valence-corrected chi connectivity index (χ3v) is 5.43. The van der Waals surface area contributed by atoms with Gasteiger partial charge in [0.15, 0.2) is 0 Å². The Morgan fingerprint density at radius 1 is 1.07 bits per heavy atom. The second kappa shape index (κ2) is 6.76. The second-order valence-electron chi connectivity index (χ2n) is 5.98. The van der Waals surface area contributed by atoms with Crippen LogP contribution in [0.3, 0.4) is 0 Å². The van der Waals surface area contributed by atoms with E-state index in [-0.39, 0.29) is 5.56 Å². The molecule has 0 bridgehead atoms. The zero-order chi connectivity index (χ0) is 20.0. The molecule has 0 saturated heterocycles. The van der Waals surface area contributed by atoms with E-state index >= 15 is 0 Å². The molecule has 0 radical (unpaired) electrons. The smallest absolute Gasteiger partial charge is 0.497 e. The van der Waals surface area contributed by atoms with E-state index in [2.05, 4.69) is 4.18 Å². The van der Waals surface area contributed by atoms with Crippen molar-refractivity contribution in [3.63, 3.8) is 0 Å². The number of allylic oxidation sites excluding steroid dienone is 1. The Bertz CT molecular complexity index is 1030. The van der Waals surface area contributed by atoms with Gasteiger partial charge in [-0.15, -0.1) is 0 Å². The average molecular weight is 419 g/mol. The summed E-state index contributed by atoms with van der Waals surface area (Å²) >= 11 is 6.35. The van der Waals surface area contributed by atoms with Gasteiger partial charge in [0, 0.05) is 16.5 Å². The number of ether oxygens (including phenoxy) is 1. The SMILES string of the molecule is COc1ccc(OS(=O)(=O)C(F)(F)F)c(C2C(Cl)=Cc3ccc(C)cc32)c1. The Labute approximate surface area is 159 Å². The largest absolute Gasteiger partial charge is 0.534 e. The number of aryl methyl sites for hydroxylation is 1. The van der Waals surface area contributed by atoms with E-state index in [1.54, 1.807) is 6.08 Å². The summed E-state index contributed by atoms with van der Waals surface area (Å²) in [7, 11) is -4.44. The maximum atomic E-state index is 12.8. The number of fused-ring (bicyclic) bond motifs is 1. The lowest BCUT2D eigenvalue weighted by atomic mass is 9.91. The maximum Gasteiger partial charge on any atom is 0.534 e. The fourth-order valence-electron chi connectivity index (χ4n) is 2.89. The normalized spacial score (nSPS) is 16.7. The Morgan fingerprint density at radius 2 is 1.78 bits per heavy atom. The van der Waals surface area contributed by atoms with Crippen LogP contribution in [0.4, 0.5) is 13.2 Å². The molecule has 27 heavy (non-hydrogen) atoms. The maximum absolute atomic E-state index is 12.8. The molecule has 144 valence electrons. The van der Waals surface area contributed by atoms with Crippen LogP contribution in [-0.4, -0.2) is 21.0 Å². The quantitative estimate of drug-likeness (QED) is 0.520. The first-order chi connectivity index (χ1) is 12.5. The first-order valence-corrected chi connectivity index (χ1v) is 9.48. The van der Waals surface area contributed by atoms with Crippen molar-refractivity contribution in [1.29, 1.82) is 0 Å². The standard InChI is InChI=1S/C18H14ClF3O4S/c1-10-3-4-11-8-15(19)17(13(11)7-10)14-9-12(25-2)5-6-16(14)26-27(23,24)18(20,21)22/h3-9,17H,1-2H3. The van der Waals surface area contributed by atoms with E-state index in [4.69, 9.17) is 16.3 Å². The van der Waals surface area contributed by atoms with Crippen LogP contribution in [-0.2, 0) is 10.1 Å². The van der Waals surface area contributed by atoms with Crippen molar-refractivity contribution in [3.05, 3.63) is 63.7 Å². The van der Waals surface area contributed by atoms with Crippen LogP contribution in [0, 0.1) is 6.92 Å². The molecule has 1 aliphatic carbocycles. The van der Waals surface area contributed by atoms with Crippen LogP contribution in [0.5, 0.6) is 11.5 Å². The molecule has 0 N–H and O–H groups in total. The number of benzene rings is 2. The number of halogens is 4. The number of hydrogen-bond donors (Lipinski definition) is 0. The number of hydrogen-bond acceptors (Lipinski definition) is 4. The van der Waals surface area contributed by atoms with Crippen LogP contribution in [0.2, 0.25) is 0 Å². The zero-order valence-corrected chi connectivity index (χ0v) is 15.7. The molecule has 4 nitrogen and oxygen atoms in total. The zero-order valence-electron chi connectivity index (χ0n) is 14.2. The second-order valence-corrected chi connectivity index (χ2v) is 7.96. The molecular formula is C18H14ClF3O4S. The molecule has 0 aromatic heterocycles. The summed E-state index contributed by atoms with van der Waals surface area (Å²) in [5, 5.41) is 0.332. The van der Waals surface area contributed by atoms with Crippen LogP contribution >= 0.6 is 11.6 Å². The fourth-order valence-corrected chi connectivity index (χ4v) is 3.73. The highest BCUT2D eigenvalue weighted by atomic mass is 35.5. The van der Waals surface area contributed by atoms with Gasteiger partial charge in [0.2, 0.25) is 0 Å². The van der Waals surface area contributed by atoms with Gasteiger partial charge < -0.3 is 8.92 Å². The summed E-state index contributed by atoms with van der Waals surface area (Å²) in [5.41, 5.74) is -2.93. The number of rotatable bonds is 4. The molecule has 1 atom stereocenters. The third kappa shape index (κ3) is 3.64. The lowest BCUT2D eigenvalue weighted by Gasteiger charge is -2.20. The summed E-state index contributed by atoms with van der Waals surface area (Å²) in [5.74, 6) is -0.804. The number of alkyl halides is 3. The number of methoxy groups -OCH3 is 1. The molecule has 0 spiro atoms. The van der Waals surface area contributed by atoms with Gasteiger partial charge in [0.25, 0.3) is 0 Å². The van der Waals surface area contributed by atoms with Crippen molar-refractivity contribution in [2.75, 3.05) is 7.11 Å². The Balaban J connectivity index is 2.16. The van der Waals surface area contributed by atoms with Gasteiger partial charge in [-0.05, 0) is 42.3 Å². The van der Waals surface area contributed by atoms with Crippen LogP contribution in [0.1, 0.15) is 28.2 Å². The lowest BCUT2D eigenvalue weighted by Crippen LogP contribution is -2.28. The first kappa shape index (κ1) is 19.6. The van der Waals surface area contributed by atoms with Crippen molar-refractivity contribution in [3.8, 4) is 11.5 Å². The first-order valence-electron chi connectivity index (χ1n) is 7.70. The molecule has 0 aliphatic heterocycles. The summed E-state index contributed by atoms with van der Waals surface area (Å²) < 4.78 is 70.8. The highest BCUT2D eigenvalue weighted by Crippen LogP contribution is 2.47. The average Bonchev–Trinajstić information content (AvgIpc) is 2.89. The van der Waals surface area contributed by atoms with Gasteiger partial charge in [-0.1, -0.05) is 35.4 Å². The highest BCUT2D eigenvalue weighted by molar-refractivity contribution is 7.88. The van der Waals surface area contributed by atoms with Crippen LogP contribution in [0.25, 0.3) is 6.08 Å². The molecule has 2 aromatic rings. The fraction of sp³-hybridized carbons (Fsp3) is 0.222. The third-order valence-electron chi connectivity index (χ3n) is 4.13. The lowest BCUT2D eigenvalue weighted by molar-refractivity contribution is -0.0500. The van der Waals surface area contributed by atoms with E-state index in [1.807, 2.05) is 25.1 Å². The summed E-state index contributed by atoms with van der Waals surface area (Å²) in [6.07, 6.45) is 1.68. The molecular weight excluding hydrogens is 405 g/mol. The van der Waals surface area contributed by atoms with Gasteiger partial charge in [-0.2, -0.15) is 21.6 Å². The molecule has 0 fully saturated rings. The molecule has 9 heteroatoms. The van der Waals surface area contributed by atoms with Crippen LogP contribution < -0.4 is 8.92 Å².